The van der Waals surface area contributed by atoms with Gasteiger partial charge in [0.15, 0.2) is 0 Å². The van der Waals surface area contributed by atoms with E-state index in [0.29, 0.717) is 19.4 Å². The van der Waals surface area contributed by atoms with E-state index < -0.39 is 31.9 Å². The van der Waals surface area contributed by atoms with Crippen LogP contribution in [-0.4, -0.2) is 81.3 Å². The second-order valence-corrected chi connectivity index (χ2v) is 10.6. The van der Waals surface area contributed by atoms with Crippen LogP contribution in [0, 0.1) is 5.82 Å². The molecule has 1 unspecified atom stereocenters. The number of hydrogen-bond donors (Lipinski definition) is 0. The zero-order valence-electron chi connectivity index (χ0n) is 14.9. The van der Waals surface area contributed by atoms with Crippen molar-refractivity contribution in [2.45, 2.75) is 23.8 Å². The van der Waals surface area contributed by atoms with Crippen LogP contribution in [0.1, 0.15) is 12.8 Å². The van der Waals surface area contributed by atoms with Crippen LogP contribution in [0.2, 0.25) is 0 Å². The number of hydrogen-bond acceptors (Lipinski definition) is 5. The summed E-state index contributed by atoms with van der Waals surface area (Å²) in [5, 5.41) is 0. The van der Waals surface area contributed by atoms with Gasteiger partial charge in [0.2, 0.25) is 26.0 Å². The summed E-state index contributed by atoms with van der Waals surface area (Å²) >= 11 is 0. The first-order chi connectivity index (χ1) is 12.6. The van der Waals surface area contributed by atoms with Gasteiger partial charge in [0, 0.05) is 32.7 Å². The third kappa shape index (κ3) is 4.15. The molecule has 0 aromatic heterocycles. The molecule has 2 heterocycles. The predicted octanol–water partition coefficient (Wildman–Crippen LogP) is 0.0826. The summed E-state index contributed by atoms with van der Waals surface area (Å²) in [4.78, 5) is 14.3. The summed E-state index contributed by atoms with van der Waals surface area (Å²) in [7, 11) is -7.22. The summed E-state index contributed by atoms with van der Waals surface area (Å²) < 4.78 is 64.4. The molecule has 1 amide bonds. The SMILES string of the molecule is CS(=O)(=O)N1CCCC1C(=O)N1CCN(S(=O)(=O)c2ccc(F)cc2)CC1. The Balaban J connectivity index is 1.66. The molecule has 11 heteroatoms. The molecule has 150 valence electrons. The molecule has 2 aliphatic rings. The highest BCUT2D eigenvalue weighted by Crippen LogP contribution is 2.24. The summed E-state index contributed by atoms with van der Waals surface area (Å²) in [6.45, 7) is 0.920. The van der Waals surface area contributed by atoms with E-state index in [4.69, 9.17) is 0 Å². The van der Waals surface area contributed by atoms with Crippen LogP contribution in [0.3, 0.4) is 0 Å². The Morgan fingerprint density at radius 1 is 1.00 bits per heavy atom. The van der Waals surface area contributed by atoms with Crippen molar-refractivity contribution in [1.29, 1.82) is 0 Å². The molecule has 1 atom stereocenters. The Bertz CT molecular complexity index is 910. The van der Waals surface area contributed by atoms with E-state index in [1.165, 1.54) is 25.6 Å². The molecule has 0 N–H and O–H groups in total. The van der Waals surface area contributed by atoms with E-state index in [9.17, 15) is 26.0 Å². The fourth-order valence-corrected chi connectivity index (χ4v) is 6.04. The van der Waals surface area contributed by atoms with Gasteiger partial charge in [0.25, 0.3) is 0 Å². The Labute approximate surface area is 158 Å². The number of sulfonamides is 2. The van der Waals surface area contributed by atoms with E-state index >= 15 is 0 Å². The van der Waals surface area contributed by atoms with Crippen molar-refractivity contribution < 1.29 is 26.0 Å². The van der Waals surface area contributed by atoms with Gasteiger partial charge in [-0.15, -0.1) is 0 Å². The maximum absolute atomic E-state index is 13.0. The number of nitrogens with zero attached hydrogens (tertiary/aromatic N) is 3. The minimum Gasteiger partial charge on any atom is -0.339 e. The second kappa shape index (κ2) is 7.46. The fourth-order valence-electron chi connectivity index (χ4n) is 3.50. The maximum Gasteiger partial charge on any atom is 0.243 e. The Kier molecular flexibility index (Phi) is 5.57. The van der Waals surface area contributed by atoms with E-state index in [1.54, 1.807) is 0 Å². The molecule has 0 bridgehead atoms. The van der Waals surface area contributed by atoms with E-state index in [0.717, 1.165) is 18.4 Å². The third-order valence-electron chi connectivity index (χ3n) is 4.92. The van der Waals surface area contributed by atoms with Gasteiger partial charge >= 0.3 is 0 Å². The maximum atomic E-state index is 13.0. The molecule has 2 fully saturated rings. The van der Waals surface area contributed by atoms with Gasteiger partial charge in [-0.3, -0.25) is 4.79 Å². The number of carbonyl (C=O) groups excluding carboxylic acids is 1. The van der Waals surface area contributed by atoms with Crippen LogP contribution >= 0.6 is 0 Å². The molecule has 0 saturated carbocycles. The Hall–Kier alpha value is -1.56. The van der Waals surface area contributed by atoms with Crippen LogP contribution in [0.15, 0.2) is 29.2 Å². The van der Waals surface area contributed by atoms with Crippen molar-refractivity contribution >= 4 is 26.0 Å². The van der Waals surface area contributed by atoms with Crippen LogP contribution in [0.4, 0.5) is 4.39 Å². The minimum atomic E-state index is -3.76. The van der Waals surface area contributed by atoms with E-state index in [-0.39, 0.29) is 37.0 Å². The quantitative estimate of drug-likeness (QED) is 0.689. The lowest BCUT2D eigenvalue weighted by Gasteiger charge is -2.36. The van der Waals surface area contributed by atoms with Gasteiger partial charge < -0.3 is 4.90 Å². The van der Waals surface area contributed by atoms with Crippen molar-refractivity contribution in [2.75, 3.05) is 39.0 Å². The third-order valence-corrected chi connectivity index (χ3v) is 8.12. The Morgan fingerprint density at radius 2 is 1.59 bits per heavy atom. The molecule has 0 spiro atoms. The lowest BCUT2D eigenvalue weighted by Crippen LogP contribution is -2.55. The zero-order valence-corrected chi connectivity index (χ0v) is 16.5. The second-order valence-electron chi connectivity index (χ2n) is 6.72. The Morgan fingerprint density at radius 3 is 2.15 bits per heavy atom. The molecular weight excluding hydrogens is 397 g/mol. The van der Waals surface area contributed by atoms with Gasteiger partial charge in [0.1, 0.15) is 11.9 Å². The van der Waals surface area contributed by atoms with Crippen molar-refractivity contribution in [3.8, 4) is 0 Å². The fraction of sp³-hybridized carbons (Fsp3) is 0.562. The van der Waals surface area contributed by atoms with Crippen molar-refractivity contribution in [2.24, 2.45) is 0 Å². The smallest absolute Gasteiger partial charge is 0.243 e. The lowest BCUT2D eigenvalue weighted by molar-refractivity contribution is -0.135. The highest BCUT2D eigenvalue weighted by Gasteiger charge is 2.40. The molecule has 3 rings (SSSR count). The summed E-state index contributed by atoms with van der Waals surface area (Å²) in [6, 6.07) is 3.90. The monoisotopic (exact) mass is 419 g/mol. The van der Waals surface area contributed by atoms with Crippen LogP contribution in [0.25, 0.3) is 0 Å². The first kappa shape index (κ1) is 20.2. The average molecular weight is 420 g/mol. The van der Waals surface area contributed by atoms with Crippen molar-refractivity contribution in [3.05, 3.63) is 30.1 Å². The first-order valence-electron chi connectivity index (χ1n) is 8.62. The van der Waals surface area contributed by atoms with E-state index in [2.05, 4.69) is 0 Å². The van der Waals surface area contributed by atoms with Gasteiger partial charge in [0.05, 0.1) is 11.2 Å². The zero-order chi connectivity index (χ0) is 19.8. The number of carbonyl (C=O) groups is 1. The lowest BCUT2D eigenvalue weighted by atomic mass is 10.2. The number of amides is 1. The molecule has 2 aliphatic heterocycles. The predicted molar refractivity (Wildman–Crippen MR) is 96.3 cm³/mol. The van der Waals surface area contributed by atoms with Crippen molar-refractivity contribution in [1.82, 2.24) is 13.5 Å². The average Bonchev–Trinajstić information content (AvgIpc) is 3.12. The summed E-state index contributed by atoms with van der Waals surface area (Å²) in [5.41, 5.74) is 0. The van der Waals surface area contributed by atoms with Gasteiger partial charge in [-0.1, -0.05) is 0 Å². The highest BCUT2D eigenvalue weighted by atomic mass is 32.2. The first-order valence-corrected chi connectivity index (χ1v) is 11.9. The normalized spacial score (nSPS) is 22.9. The standard InChI is InChI=1S/C16H22FN3O5S2/c1-26(22,23)20-8-2-3-15(20)16(21)18-9-11-19(12-10-18)27(24,25)14-6-4-13(17)5-7-14/h4-7,15H,2-3,8-12H2,1H3. The molecule has 1 aromatic carbocycles. The minimum absolute atomic E-state index is 0.00252. The van der Waals surface area contributed by atoms with Gasteiger partial charge in [-0.25, -0.2) is 21.2 Å². The highest BCUT2D eigenvalue weighted by molar-refractivity contribution is 7.89. The molecule has 0 aliphatic carbocycles. The largest absolute Gasteiger partial charge is 0.339 e. The van der Waals surface area contributed by atoms with Crippen molar-refractivity contribution in [3.63, 3.8) is 0 Å². The topological polar surface area (TPSA) is 95.1 Å². The van der Waals surface area contributed by atoms with Gasteiger partial charge in [-0.2, -0.15) is 8.61 Å². The number of halogens is 1. The summed E-state index contributed by atoms with van der Waals surface area (Å²) in [6.07, 6.45) is 2.19. The van der Waals surface area contributed by atoms with Crippen LogP contribution < -0.4 is 0 Å². The molecule has 0 radical (unpaired) electrons. The molecule has 1 aromatic rings. The number of piperazine rings is 1. The number of benzene rings is 1. The molecular formula is C16H22FN3O5S2. The van der Waals surface area contributed by atoms with Gasteiger partial charge in [-0.05, 0) is 37.1 Å². The van der Waals surface area contributed by atoms with Crippen LogP contribution in [-0.2, 0) is 24.8 Å². The molecule has 8 nitrogen and oxygen atoms in total. The molecule has 27 heavy (non-hydrogen) atoms. The molecule has 2 saturated heterocycles. The summed E-state index contributed by atoms with van der Waals surface area (Å²) in [5.74, 6) is -0.798. The van der Waals surface area contributed by atoms with E-state index in [1.807, 2.05) is 0 Å². The van der Waals surface area contributed by atoms with Crippen LogP contribution in [0.5, 0.6) is 0 Å². The number of rotatable bonds is 4.